The maximum Gasteiger partial charge on any atom is 0.412 e. The van der Waals surface area contributed by atoms with Crippen LogP contribution in [0.25, 0.3) is 0 Å². The van der Waals surface area contributed by atoms with Gasteiger partial charge in [0.25, 0.3) is 5.91 Å². The summed E-state index contributed by atoms with van der Waals surface area (Å²) in [6.45, 7) is 2.11. The summed E-state index contributed by atoms with van der Waals surface area (Å²) in [6, 6.07) is 14.1. The molecule has 188 valence electrons. The molecular weight excluding hydrogens is 452 g/mol. The van der Waals surface area contributed by atoms with E-state index >= 15 is 0 Å². The third-order valence-electron chi connectivity index (χ3n) is 5.05. The number of allylic oxidation sites excluding steroid dienone is 3. The molecule has 0 spiro atoms. The van der Waals surface area contributed by atoms with Crippen molar-refractivity contribution < 1.29 is 34.1 Å². The van der Waals surface area contributed by atoms with Crippen LogP contribution in [-0.2, 0) is 9.53 Å². The van der Waals surface area contributed by atoms with Gasteiger partial charge in [-0.2, -0.15) is 0 Å². The highest BCUT2D eigenvalue weighted by Crippen LogP contribution is 2.31. The van der Waals surface area contributed by atoms with E-state index in [1.54, 1.807) is 49.6 Å². The number of methoxy groups -OCH3 is 1. The first-order chi connectivity index (χ1) is 17.0. The zero-order chi connectivity index (χ0) is 25.5. The topological polar surface area (TPSA) is 126 Å². The highest BCUT2D eigenvalue weighted by Gasteiger charge is 2.23. The molecule has 2 amide bonds. The summed E-state index contributed by atoms with van der Waals surface area (Å²) in [5.74, 6) is 0.651. The molecule has 0 aliphatic rings. The van der Waals surface area contributed by atoms with Crippen molar-refractivity contribution in [3.63, 3.8) is 0 Å². The third-order valence-corrected chi connectivity index (χ3v) is 5.05. The van der Waals surface area contributed by atoms with Crippen LogP contribution in [-0.4, -0.2) is 42.6 Å². The number of hydroxylamine groups is 1. The van der Waals surface area contributed by atoms with Gasteiger partial charge in [0.15, 0.2) is 0 Å². The Hall–Kier alpha value is -3.82. The van der Waals surface area contributed by atoms with Gasteiger partial charge in [0.05, 0.1) is 13.7 Å². The number of rotatable bonds is 13. The van der Waals surface area contributed by atoms with Crippen molar-refractivity contribution in [2.45, 2.75) is 25.9 Å². The maximum atomic E-state index is 12.7. The molecule has 4 N–H and O–H groups in total. The van der Waals surface area contributed by atoms with Crippen molar-refractivity contribution in [2.24, 2.45) is 5.92 Å². The van der Waals surface area contributed by atoms with E-state index in [2.05, 4.69) is 5.32 Å². The molecule has 0 fully saturated rings. The standard InChI is InChI=1S/C26H32N2O7/c1-19(7-5-3-4-6-8-24(30)28-32)25(20-9-13-23(14-10-20)34-18-17-29)35-26(31)27-21-11-15-22(33-2)16-12-21/h3-4,6,8-16,19,25,29,32H,5,7,17-18H2,1-2H3,(H,27,31)(H,28,30)/b4-3+,8-6+/t19-,25+/m0/s1. The van der Waals surface area contributed by atoms with Crippen molar-refractivity contribution in [1.82, 2.24) is 5.48 Å². The van der Waals surface area contributed by atoms with Gasteiger partial charge in [-0.15, -0.1) is 0 Å². The van der Waals surface area contributed by atoms with E-state index < -0.39 is 18.1 Å². The molecule has 0 saturated carbocycles. The molecular formula is C26H32N2O7. The number of nitrogens with one attached hydrogen (secondary N) is 2. The van der Waals surface area contributed by atoms with Crippen molar-refractivity contribution in [3.8, 4) is 11.5 Å². The Morgan fingerprint density at radius 3 is 2.34 bits per heavy atom. The predicted molar refractivity (Wildman–Crippen MR) is 131 cm³/mol. The molecule has 2 aromatic carbocycles. The lowest BCUT2D eigenvalue weighted by atomic mass is 9.93. The number of aliphatic hydroxyl groups excluding tert-OH is 1. The van der Waals surface area contributed by atoms with Gasteiger partial charge in [0.1, 0.15) is 24.2 Å². The summed E-state index contributed by atoms with van der Waals surface area (Å²) in [7, 11) is 1.57. The highest BCUT2D eigenvalue weighted by molar-refractivity contribution is 5.86. The van der Waals surface area contributed by atoms with Gasteiger partial charge in [-0.05, 0) is 60.7 Å². The number of hydrogen-bond donors (Lipinski definition) is 4. The van der Waals surface area contributed by atoms with E-state index in [4.69, 9.17) is 24.5 Å². The van der Waals surface area contributed by atoms with Crippen LogP contribution in [0.4, 0.5) is 10.5 Å². The van der Waals surface area contributed by atoms with Crippen molar-refractivity contribution in [1.29, 1.82) is 0 Å². The van der Waals surface area contributed by atoms with Crippen molar-refractivity contribution >= 4 is 17.7 Å². The molecule has 2 atom stereocenters. The van der Waals surface area contributed by atoms with Crippen molar-refractivity contribution in [2.75, 3.05) is 25.6 Å². The summed E-state index contributed by atoms with van der Waals surface area (Å²) >= 11 is 0. The molecule has 0 saturated heterocycles. The smallest absolute Gasteiger partial charge is 0.412 e. The largest absolute Gasteiger partial charge is 0.497 e. The molecule has 9 heteroatoms. The molecule has 0 aliphatic heterocycles. The average molecular weight is 485 g/mol. The number of aliphatic hydroxyl groups is 1. The van der Waals surface area contributed by atoms with E-state index in [0.717, 1.165) is 5.56 Å². The molecule has 0 bridgehead atoms. The van der Waals surface area contributed by atoms with E-state index in [9.17, 15) is 9.59 Å². The normalized spacial score (nSPS) is 12.8. The lowest BCUT2D eigenvalue weighted by Crippen LogP contribution is -2.22. The van der Waals surface area contributed by atoms with Gasteiger partial charge in [0.2, 0.25) is 0 Å². The Balaban J connectivity index is 2.07. The first kappa shape index (κ1) is 27.4. The van der Waals surface area contributed by atoms with Crippen LogP contribution in [0.5, 0.6) is 11.5 Å². The summed E-state index contributed by atoms with van der Waals surface area (Å²) in [4.78, 5) is 23.7. The number of amides is 2. The van der Waals surface area contributed by atoms with Gasteiger partial charge < -0.3 is 19.3 Å². The number of carbonyl (C=O) groups excluding carboxylic acids is 2. The molecule has 0 aromatic heterocycles. The van der Waals surface area contributed by atoms with Crippen LogP contribution in [0, 0.1) is 5.92 Å². The van der Waals surface area contributed by atoms with Crippen LogP contribution in [0.2, 0.25) is 0 Å². The second-order valence-corrected chi connectivity index (χ2v) is 7.64. The number of hydrogen-bond acceptors (Lipinski definition) is 7. The van der Waals surface area contributed by atoms with Gasteiger partial charge in [-0.1, -0.05) is 37.3 Å². The fourth-order valence-electron chi connectivity index (χ4n) is 3.23. The molecule has 0 radical (unpaired) electrons. The van der Waals surface area contributed by atoms with E-state index in [-0.39, 0.29) is 19.1 Å². The lowest BCUT2D eigenvalue weighted by molar-refractivity contribution is -0.124. The zero-order valence-electron chi connectivity index (χ0n) is 19.8. The summed E-state index contributed by atoms with van der Waals surface area (Å²) in [6.07, 6.45) is 6.61. The Labute approximate surface area is 205 Å². The van der Waals surface area contributed by atoms with Gasteiger partial charge >= 0.3 is 6.09 Å². The van der Waals surface area contributed by atoms with Crippen molar-refractivity contribution in [3.05, 3.63) is 78.4 Å². The summed E-state index contributed by atoms with van der Waals surface area (Å²) in [5, 5.41) is 20.2. The molecule has 2 rings (SSSR count). The molecule has 35 heavy (non-hydrogen) atoms. The Kier molecular flexibility index (Phi) is 11.9. The Bertz CT molecular complexity index is 972. The van der Waals surface area contributed by atoms with E-state index in [1.807, 2.05) is 25.1 Å². The Morgan fingerprint density at radius 1 is 1.03 bits per heavy atom. The van der Waals surface area contributed by atoms with E-state index in [0.29, 0.717) is 30.0 Å². The molecule has 0 unspecified atom stereocenters. The average Bonchev–Trinajstić information content (AvgIpc) is 2.88. The minimum atomic E-state index is -0.606. The molecule has 0 heterocycles. The predicted octanol–water partition coefficient (Wildman–Crippen LogP) is 4.39. The Morgan fingerprint density at radius 2 is 1.71 bits per heavy atom. The minimum absolute atomic E-state index is 0.0322. The number of ether oxygens (including phenoxy) is 3. The van der Waals surface area contributed by atoms with Crippen LogP contribution in [0.1, 0.15) is 31.4 Å². The fourth-order valence-corrected chi connectivity index (χ4v) is 3.23. The number of anilines is 1. The molecule has 0 aliphatic carbocycles. The lowest BCUT2D eigenvalue weighted by Gasteiger charge is -2.25. The molecule has 2 aromatic rings. The summed E-state index contributed by atoms with van der Waals surface area (Å²) < 4.78 is 16.4. The van der Waals surface area contributed by atoms with Gasteiger partial charge in [0, 0.05) is 11.8 Å². The van der Waals surface area contributed by atoms with Gasteiger partial charge in [-0.3, -0.25) is 15.3 Å². The number of carbonyl (C=O) groups is 2. The quantitative estimate of drug-likeness (QED) is 0.144. The van der Waals surface area contributed by atoms with Gasteiger partial charge in [-0.25, -0.2) is 10.3 Å². The highest BCUT2D eigenvalue weighted by atomic mass is 16.6. The summed E-state index contributed by atoms with van der Waals surface area (Å²) in [5.41, 5.74) is 2.91. The fraction of sp³-hybridized carbons (Fsp3) is 0.308. The zero-order valence-corrected chi connectivity index (χ0v) is 19.8. The minimum Gasteiger partial charge on any atom is -0.497 e. The number of benzene rings is 2. The van der Waals surface area contributed by atoms with E-state index in [1.165, 1.54) is 17.6 Å². The second kappa shape index (κ2) is 15.2. The molecule has 9 nitrogen and oxygen atoms in total. The van der Waals surface area contributed by atoms with Crippen LogP contribution >= 0.6 is 0 Å². The second-order valence-electron chi connectivity index (χ2n) is 7.64. The van der Waals surface area contributed by atoms with Crippen LogP contribution < -0.4 is 20.3 Å². The maximum absolute atomic E-state index is 12.7. The van der Waals surface area contributed by atoms with Crippen LogP contribution in [0.15, 0.2) is 72.8 Å². The first-order valence-corrected chi connectivity index (χ1v) is 11.2. The third kappa shape index (κ3) is 9.91. The first-order valence-electron chi connectivity index (χ1n) is 11.2. The monoisotopic (exact) mass is 484 g/mol. The van der Waals surface area contributed by atoms with Crippen LogP contribution in [0.3, 0.4) is 0 Å². The SMILES string of the molecule is COc1ccc(NC(=O)O[C@@H](c2ccc(OCCO)cc2)[C@@H](C)CC/C=C/C=C/C(=O)NO)cc1.